The van der Waals surface area contributed by atoms with Crippen LogP contribution in [0.4, 0.5) is 17.1 Å². The maximum atomic E-state index is 12.8. The van der Waals surface area contributed by atoms with Crippen LogP contribution in [0.5, 0.6) is 5.75 Å². The highest BCUT2D eigenvalue weighted by Gasteiger charge is 2.17. The van der Waals surface area contributed by atoms with Crippen LogP contribution < -0.4 is 10.1 Å². The molecule has 1 amide bonds. The Labute approximate surface area is 199 Å². The molecule has 5 nitrogen and oxygen atoms in total. The quantitative estimate of drug-likeness (QED) is 0.473. The van der Waals surface area contributed by atoms with Gasteiger partial charge in [0.05, 0.1) is 35.0 Å². The fourth-order valence-corrected chi connectivity index (χ4v) is 4.68. The number of para-hydroxylation sites is 2. The Morgan fingerprint density at radius 1 is 0.970 bits per heavy atom. The largest absolute Gasteiger partial charge is 0.497 e. The lowest BCUT2D eigenvalue weighted by atomic mass is 10.1. The number of hydrogen-bond donors (Lipinski definition) is 1. The van der Waals surface area contributed by atoms with E-state index in [2.05, 4.69) is 24.4 Å². The van der Waals surface area contributed by atoms with Crippen LogP contribution >= 0.6 is 11.8 Å². The molecule has 0 saturated heterocycles. The van der Waals surface area contributed by atoms with Crippen LogP contribution in [0.25, 0.3) is 0 Å². The van der Waals surface area contributed by atoms with Gasteiger partial charge in [0.15, 0.2) is 0 Å². The number of nitrogens with one attached hydrogen (secondary N) is 1. The summed E-state index contributed by atoms with van der Waals surface area (Å²) in [7, 11) is 1.65. The summed E-state index contributed by atoms with van der Waals surface area (Å²) in [4.78, 5) is 22.5. The lowest BCUT2D eigenvalue weighted by Crippen LogP contribution is -2.17. The van der Waals surface area contributed by atoms with Crippen LogP contribution in [0.3, 0.4) is 0 Å². The summed E-state index contributed by atoms with van der Waals surface area (Å²) in [6.07, 6.45) is 0.544. The van der Waals surface area contributed by atoms with Crippen molar-refractivity contribution in [3.63, 3.8) is 0 Å². The van der Waals surface area contributed by atoms with Gasteiger partial charge in [-0.05, 0) is 56.2 Å². The van der Waals surface area contributed by atoms with E-state index in [0.29, 0.717) is 6.42 Å². The lowest BCUT2D eigenvalue weighted by molar-refractivity contribution is -0.113. The van der Waals surface area contributed by atoms with Gasteiger partial charge < -0.3 is 10.1 Å². The number of aryl methyl sites for hydroxylation is 3. The highest BCUT2D eigenvalue weighted by molar-refractivity contribution is 8.14. The number of amides is 1. The predicted octanol–water partition coefficient (Wildman–Crippen LogP) is 6.55. The monoisotopic (exact) mass is 457 g/mol. The van der Waals surface area contributed by atoms with Crippen molar-refractivity contribution in [1.82, 2.24) is 0 Å². The average Bonchev–Trinajstić information content (AvgIpc) is 2.99. The fraction of sp³-hybridized carbons (Fsp3) is 0.222. The summed E-state index contributed by atoms with van der Waals surface area (Å²) in [5.41, 5.74) is 7.72. The third-order valence-corrected chi connectivity index (χ3v) is 6.39. The molecule has 0 unspecified atom stereocenters. The first-order valence-corrected chi connectivity index (χ1v) is 11.8. The number of hydrogen-bond acceptors (Lipinski definition) is 5. The molecular weight excluding hydrogens is 430 g/mol. The molecule has 1 aliphatic rings. The van der Waals surface area contributed by atoms with E-state index in [-0.39, 0.29) is 11.7 Å². The Hall–Kier alpha value is -3.38. The van der Waals surface area contributed by atoms with Gasteiger partial charge in [0.1, 0.15) is 5.75 Å². The van der Waals surface area contributed by atoms with E-state index >= 15 is 0 Å². The van der Waals surface area contributed by atoms with Gasteiger partial charge in [-0.25, -0.2) is 4.99 Å². The van der Waals surface area contributed by atoms with Crippen LogP contribution in [-0.2, 0) is 4.79 Å². The maximum absolute atomic E-state index is 12.8. The van der Waals surface area contributed by atoms with Crippen molar-refractivity contribution < 1.29 is 9.53 Å². The Bertz CT molecular complexity index is 1240. The summed E-state index contributed by atoms with van der Waals surface area (Å²) in [5, 5.41) is 3.93. The lowest BCUT2D eigenvalue weighted by Gasteiger charge is -2.13. The van der Waals surface area contributed by atoms with Gasteiger partial charge in [-0.3, -0.25) is 9.79 Å². The summed E-state index contributed by atoms with van der Waals surface area (Å²) in [6.45, 7) is 6.10. The molecule has 0 atom stereocenters. The third kappa shape index (κ3) is 5.52. The minimum atomic E-state index is -0.0462. The van der Waals surface area contributed by atoms with Gasteiger partial charge in [-0.1, -0.05) is 42.0 Å². The number of carbonyl (C=O) groups excluding carboxylic acids is 1. The highest BCUT2D eigenvalue weighted by atomic mass is 32.2. The van der Waals surface area contributed by atoms with Gasteiger partial charge in [-0.2, -0.15) is 0 Å². The van der Waals surface area contributed by atoms with E-state index in [1.807, 2.05) is 62.4 Å². The highest BCUT2D eigenvalue weighted by Crippen LogP contribution is 2.34. The van der Waals surface area contributed by atoms with Gasteiger partial charge in [0.25, 0.3) is 0 Å². The molecule has 1 aliphatic heterocycles. The number of nitrogens with zero attached hydrogens (tertiary/aromatic N) is 2. The Morgan fingerprint density at radius 3 is 2.36 bits per heavy atom. The molecule has 4 rings (SSSR count). The Balaban J connectivity index is 1.54. The van der Waals surface area contributed by atoms with Crippen LogP contribution in [0.15, 0.2) is 70.6 Å². The van der Waals surface area contributed by atoms with E-state index in [9.17, 15) is 4.79 Å². The van der Waals surface area contributed by atoms with Gasteiger partial charge in [-0.15, -0.1) is 11.8 Å². The van der Waals surface area contributed by atoms with E-state index in [1.165, 1.54) is 17.3 Å². The first kappa shape index (κ1) is 22.8. The number of rotatable bonds is 5. The van der Waals surface area contributed by atoms with Gasteiger partial charge >= 0.3 is 0 Å². The molecule has 0 aromatic heterocycles. The summed E-state index contributed by atoms with van der Waals surface area (Å²) < 4.78 is 5.39. The minimum absolute atomic E-state index is 0.0462. The van der Waals surface area contributed by atoms with Crippen LogP contribution in [0, 0.1) is 20.8 Å². The molecule has 33 heavy (non-hydrogen) atoms. The van der Waals surface area contributed by atoms with E-state index in [4.69, 9.17) is 14.7 Å². The number of benzene rings is 3. The van der Waals surface area contributed by atoms with Crippen molar-refractivity contribution in [3.05, 3.63) is 82.9 Å². The number of methoxy groups -OCH3 is 1. The number of ether oxygens (including phenoxy) is 1. The van der Waals surface area contributed by atoms with Crippen molar-refractivity contribution in [2.75, 3.05) is 18.2 Å². The summed E-state index contributed by atoms with van der Waals surface area (Å²) in [5.74, 6) is 1.01. The topological polar surface area (TPSA) is 63.1 Å². The summed E-state index contributed by atoms with van der Waals surface area (Å²) >= 11 is 1.45. The second-order valence-electron chi connectivity index (χ2n) is 8.07. The zero-order valence-corrected chi connectivity index (χ0v) is 20.1. The number of thioether (sulfide) groups is 1. The molecule has 1 heterocycles. The van der Waals surface area contributed by atoms with Crippen molar-refractivity contribution >= 4 is 45.5 Å². The predicted molar refractivity (Wildman–Crippen MR) is 139 cm³/mol. The van der Waals surface area contributed by atoms with Gasteiger partial charge in [0.2, 0.25) is 5.91 Å². The number of aliphatic imine (C=N–C) groups is 2. The molecule has 0 fully saturated rings. The normalized spacial score (nSPS) is 12.8. The summed E-state index contributed by atoms with van der Waals surface area (Å²) in [6, 6.07) is 19.9. The first-order chi connectivity index (χ1) is 15.9. The number of anilines is 1. The first-order valence-electron chi connectivity index (χ1n) is 10.8. The Kier molecular flexibility index (Phi) is 6.94. The maximum Gasteiger partial charge on any atom is 0.234 e. The zero-order valence-electron chi connectivity index (χ0n) is 19.3. The van der Waals surface area contributed by atoms with Crippen LogP contribution in [0.1, 0.15) is 28.7 Å². The second-order valence-corrected chi connectivity index (χ2v) is 9.12. The van der Waals surface area contributed by atoms with Crippen LogP contribution in [-0.4, -0.2) is 29.5 Å². The molecule has 0 radical (unpaired) electrons. The Morgan fingerprint density at radius 2 is 1.67 bits per heavy atom. The van der Waals surface area contributed by atoms with Crippen LogP contribution in [0.2, 0.25) is 0 Å². The van der Waals surface area contributed by atoms with E-state index in [0.717, 1.165) is 50.3 Å². The molecular formula is C27H27N3O2S. The van der Waals surface area contributed by atoms with Crippen molar-refractivity contribution in [3.8, 4) is 5.75 Å². The molecule has 6 heteroatoms. The molecule has 0 saturated carbocycles. The smallest absolute Gasteiger partial charge is 0.234 e. The van der Waals surface area contributed by atoms with E-state index in [1.54, 1.807) is 7.11 Å². The molecule has 1 N–H and O–H groups in total. The van der Waals surface area contributed by atoms with E-state index < -0.39 is 0 Å². The van der Waals surface area contributed by atoms with Crippen molar-refractivity contribution in [2.45, 2.75) is 27.2 Å². The SMILES string of the molecule is COc1cccc(C2=Nc3ccccc3N=C(SCC(=O)Nc3c(C)cc(C)cc3C)C2)c1. The molecule has 0 spiro atoms. The molecule has 0 aliphatic carbocycles. The molecule has 0 bridgehead atoms. The zero-order chi connectivity index (χ0) is 23.4. The average molecular weight is 458 g/mol. The molecule has 3 aromatic carbocycles. The standard InChI is InChI=1S/C27H27N3O2S/c1-17-12-18(2)27(19(3)13-17)30-25(31)16-33-26-15-24(20-8-7-9-21(14-20)32-4)28-22-10-5-6-11-23(22)29-26/h5-14H,15-16H2,1-4H3,(H,30,31). The van der Waals surface area contributed by atoms with Gasteiger partial charge in [0, 0.05) is 17.7 Å². The fourth-order valence-electron chi connectivity index (χ4n) is 3.91. The number of carbonyl (C=O) groups is 1. The number of fused-ring (bicyclic) bond motifs is 1. The second kappa shape index (κ2) is 10.0. The van der Waals surface area contributed by atoms with Crippen molar-refractivity contribution in [1.29, 1.82) is 0 Å². The van der Waals surface area contributed by atoms with Crippen molar-refractivity contribution in [2.24, 2.45) is 9.98 Å². The minimum Gasteiger partial charge on any atom is -0.497 e. The third-order valence-electron chi connectivity index (χ3n) is 5.42. The molecule has 168 valence electrons. The molecule has 3 aromatic rings.